The van der Waals surface area contributed by atoms with Gasteiger partial charge in [0.05, 0.1) is 22.8 Å². The highest BCUT2D eigenvalue weighted by atomic mass is 35.5. The SMILES string of the molecule is Cc1nn(-c2ccc(Cl)cc2Cl)c(C)c1CC(=O)NC1CCCNC1. The number of rotatable bonds is 4. The molecule has 0 aliphatic carbocycles. The van der Waals surface area contributed by atoms with Gasteiger partial charge >= 0.3 is 0 Å². The summed E-state index contributed by atoms with van der Waals surface area (Å²) in [6, 6.07) is 5.52. The van der Waals surface area contributed by atoms with Gasteiger partial charge in [-0.1, -0.05) is 23.2 Å². The molecular weight excluding hydrogens is 359 g/mol. The highest BCUT2D eigenvalue weighted by Gasteiger charge is 2.20. The molecule has 1 atom stereocenters. The standard InChI is InChI=1S/C18H22Cl2N4O/c1-11-15(9-18(25)22-14-4-3-7-21-10-14)12(2)24(23-11)17-6-5-13(19)8-16(17)20/h5-6,8,14,21H,3-4,7,9-10H2,1-2H3,(H,22,25). The minimum Gasteiger partial charge on any atom is -0.352 e. The first-order chi connectivity index (χ1) is 12.0. The van der Waals surface area contributed by atoms with Gasteiger partial charge in [0.15, 0.2) is 0 Å². The van der Waals surface area contributed by atoms with Crippen LogP contribution in [-0.4, -0.2) is 34.8 Å². The van der Waals surface area contributed by atoms with Crippen molar-refractivity contribution < 1.29 is 4.79 Å². The van der Waals surface area contributed by atoms with Crippen LogP contribution in [0.15, 0.2) is 18.2 Å². The molecule has 3 rings (SSSR count). The van der Waals surface area contributed by atoms with Crippen LogP contribution in [0.4, 0.5) is 0 Å². The number of benzene rings is 1. The highest BCUT2D eigenvalue weighted by Crippen LogP contribution is 2.27. The summed E-state index contributed by atoms with van der Waals surface area (Å²) >= 11 is 12.3. The van der Waals surface area contributed by atoms with Crippen molar-refractivity contribution in [3.8, 4) is 5.69 Å². The fraction of sp³-hybridized carbons (Fsp3) is 0.444. The molecule has 1 fully saturated rings. The molecule has 0 radical (unpaired) electrons. The summed E-state index contributed by atoms with van der Waals surface area (Å²) in [5.74, 6) is 0.0293. The number of nitrogens with zero attached hydrogens (tertiary/aromatic N) is 2. The molecule has 5 nitrogen and oxygen atoms in total. The van der Waals surface area contributed by atoms with E-state index in [2.05, 4.69) is 15.7 Å². The van der Waals surface area contributed by atoms with Crippen LogP contribution in [0, 0.1) is 13.8 Å². The van der Waals surface area contributed by atoms with Crippen LogP contribution in [-0.2, 0) is 11.2 Å². The number of carbonyl (C=O) groups is 1. The van der Waals surface area contributed by atoms with Crippen molar-refractivity contribution in [3.63, 3.8) is 0 Å². The quantitative estimate of drug-likeness (QED) is 0.855. The van der Waals surface area contributed by atoms with Crippen molar-refractivity contribution in [1.29, 1.82) is 0 Å². The third-order valence-electron chi connectivity index (χ3n) is 4.58. The third kappa shape index (κ3) is 4.17. The zero-order chi connectivity index (χ0) is 18.0. The number of hydrogen-bond donors (Lipinski definition) is 2. The van der Waals surface area contributed by atoms with Crippen LogP contribution in [0.1, 0.15) is 29.8 Å². The van der Waals surface area contributed by atoms with E-state index in [9.17, 15) is 4.79 Å². The molecule has 1 aliphatic heterocycles. The largest absolute Gasteiger partial charge is 0.352 e. The number of hydrogen-bond acceptors (Lipinski definition) is 3. The van der Waals surface area contributed by atoms with Gasteiger partial charge in [-0.25, -0.2) is 4.68 Å². The van der Waals surface area contributed by atoms with Gasteiger partial charge < -0.3 is 10.6 Å². The van der Waals surface area contributed by atoms with Crippen LogP contribution < -0.4 is 10.6 Å². The molecular formula is C18H22Cl2N4O. The minimum atomic E-state index is 0.0293. The Morgan fingerprint density at radius 3 is 2.88 bits per heavy atom. The molecule has 1 aromatic heterocycles. The molecule has 1 unspecified atom stereocenters. The number of carbonyl (C=O) groups excluding carboxylic acids is 1. The maximum absolute atomic E-state index is 12.4. The maximum atomic E-state index is 12.4. The zero-order valence-electron chi connectivity index (χ0n) is 14.4. The molecule has 0 bridgehead atoms. The van der Waals surface area contributed by atoms with Gasteiger partial charge in [-0.15, -0.1) is 0 Å². The smallest absolute Gasteiger partial charge is 0.224 e. The number of piperidine rings is 1. The van der Waals surface area contributed by atoms with E-state index >= 15 is 0 Å². The Balaban J connectivity index is 1.78. The Bertz CT molecular complexity index is 782. The van der Waals surface area contributed by atoms with E-state index < -0.39 is 0 Å². The van der Waals surface area contributed by atoms with E-state index in [1.165, 1.54) is 0 Å². The van der Waals surface area contributed by atoms with Gasteiger partial charge in [-0.2, -0.15) is 5.10 Å². The molecule has 25 heavy (non-hydrogen) atoms. The number of aromatic nitrogens is 2. The minimum absolute atomic E-state index is 0.0293. The average Bonchev–Trinajstić information content (AvgIpc) is 2.84. The molecule has 1 aliphatic rings. The van der Waals surface area contributed by atoms with Gasteiger partial charge in [-0.3, -0.25) is 4.79 Å². The lowest BCUT2D eigenvalue weighted by molar-refractivity contribution is -0.121. The zero-order valence-corrected chi connectivity index (χ0v) is 15.9. The summed E-state index contributed by atoms with van der Waals surface area (Å²) in [5, 5.41) is 12.1. The number of amides is 1. The topological polar surface area (TPSA) is 59.0 Å². The molecule has 1 aromatic carbocycles. The normalized spacial score (nSPS) is 17.5. The number of nitrogens with one attached hydrogen (secondary N) is 2. The number of aryl methyl sites for hydroxylation is 1. The van der Waals surface area contributed by atoms with Crippen LogP contribution in [0.2, 0.25) is 10.0 Å². The summed E-state index contributed by atoms with van der Waals surface area (Å²) in [6.07, 6.45) is 2.44. The predicted molar refractivity (Wildman–Crippen MR) is 101 cm³/mol. The predicted octanol–water partition coefficient (Wildman–Crippen LogP) is 3.21. The van der Waals surface area contributed by atoms with E-state index in [1.807, 2.05) is 19.9 Å². The van der Waals surface area contributed by atoms with Crippen molar-refractivity contribution in [2.75, 3.05) is 13.1 Å². The Kier molecular flexibility index (Phi) is 5.67. The van der Waals surface area contributed by atoms with Gasteiger partial charge in [0.1, 0.15) is 0 Å². The fourth-order valence-corrected chi connectivity index (χ4v) is 3.72. The van der Waals surface area contributed by atoms with E-state index in [1.54, 1.807) is 16.8 Å². The summed E-state index contributed by atoms with van der Waals surface area (Å²) in [4.78, 5) is 12.4. The first kappa shape index (κ1) is 18.2. The second-order valence-electron chi connectivity index (χ2n) is 6.44. The third-order valence-corrected chi connectivity index (χ3v) is 5.12. The molecule has 0 saturated carbocycles. The van der Waals surface area contributed by atoms with Gasteiger partial charge in [0.25, 0.3) is 0 Å². The van der Waals surface area contributed by atoms with Crippen LogP contribution in [0.25, 0.3) is 5.69 Å². The lowest BCUT2D eigenvalue weighted by Crippen LogP contribution is -2.46. The van der Waals surface area contributed by atoms with Gasteiger partial charge in [0, 0.05) is 28.9 Å². The van der Waals surface area contributed by atoms with Crippen molar-refractivity contribution in [2.24, 2.45) is 0 Å². The Morgan fingerprint density at radius 2 is 2.20 bits per heavy atom. The van der Waals surface area contributed by atoms with E-state index in [4.69, 9.17) is 23.2 Å². The summed E-state index contributed by atoms with van der Waals surface area (Å²) in [5.41, 5.74) is 3.45. The molecule has 0 spiro atoms. The second kappa shape index (κ2) is 7.77. The molecule has 2 aromatic rings. The lowest BCUT2D eigenvalue weighted by atomic mass is 10.1. The molecule has 1 saturated heterocycles. The van der Waals surface area contributed by atoms with Crippen molar-refractivity contribution in [1.82, 2.24) is 20.4 Å². The summed E-state index contributed by atoms with van der Waals surface area (Å²) in [7, 11) is 0. The first-order valence-corrected chi connectivity index (χ1v) is 9.22. The Hall–Kier alpha value is -1.56. The van der Waals surface area contributed by atoms with Crippen molar-refractivity contribution in [2.45, 2.75) is 39.2 Å². The summed E-state index contributed by atoms with van der Waals surface area (Å²) in [6.45, 7) is 5.73. The highest BCUT2D eigenvalue weighted by molar-refractivity contribution is 6.35. The Labute approximate surface area is 157 Å². The van der Waals surface area contributed by atoms with Crippen molar-refractivity contribution >= 4 is 29.1 Å². The van der Waals surface area contributed by atoms with Crippen LogP contribution in [0.5, 0.6) is 0 Å². The van der Waals surface area contributed by atoms with E-state index in [-0.39, 0.29) is 11.9 Å². The van der Waals surface area contributed by atoms with E-state index in [0.717, 1.165) is 48.6 Å². The van der Waals surface area contributed by atoms with E-state index in [0.29, 0.717) is 16.5 Å². The van der Waals surface area contributed by atoms with Crippen LogP contribution >= 0.6 is 23.2 Å². The fourth-order valence-electron chi connectivity index (χ4n) is 3.23. The summed E-state index contributed by atoms with van der Waals surface area (Å²) < 4.78 is 1.78. The van der Waals surface area contributed by atoms with Gasteiger partial charge in [0.2, 0.25) is 5.91 Å². The molecule has 134 valence electrons. The first-order valence-electron chi connectivity index (χ1n) is 8.46. The maximum Gasteiger partial charge on any atom is 0.224 e. The van der Waals surface area contributed by atoms with Crippen molar-refractivity contribution in [3.05, 3.63) is 45.2 Å². The molecule has 2 N–H and O–H groups in total. The molecule has 2 heterocycles. The van der Waals surface area contributed by atoms with Crippen LogP contribution in [0.3, 0.4) is 0 Å². The molecule has 1 amide bonds. The number of halogens is 2. The molecule has 7 heteroatoms. The van der Waals surface area contributed by atoms with Gasteiger partial charge in [-0.05, 0) is 51.4 Å². The second-order valence-corrected chi connectivity index (χ2v) is 7.29. The lowest BCUT2D eigenvalue weighted by Gasteiger charge is -2.23. The monoisotopic (exact) mass is 380 g/mol. The Morgan fingerprint density at radius 1 is 1.40 bits per heavy atom. The average molecular weight is 381 g/mol.